The summed E-state index contributed by atoms with van der Waals surface area (Å²) >= 11 is 0. The number of halogens is 1. The first-order valence-electron chi connectivity index (χ1n) is 5.44. The van der Waals surface area contributed by atoms with Crippen molar-refractivity contribution in [2.75, 3.05) is 19.5 Å². The number of nitrogens with one attached hydrogen (secondary N) is 1. The van der Waals surface area contributed by atoms with Gasteiger partial charge in [-0.15, -0.1) is 0 Å². The third-order valence-corrected chi connectivity index (χ3v) is 2.49. The van der Waals surface area contributed by atoms with Crippen LogP contribution < -0.4 is 11.1 Å². The van der Waals surface area contributed by atoms with Gasteiger partial charge in [-0.2, -0.15) is 0 Å². The van der Waals surface area contributed by atoms with Crippen LogP contribution in [-0.2, 0) is 4.74 Å². The lowest BCUT2D eigenvalue weighted by atomic mass is 10.1. The summed E-state index contributed by atoms with van der Waals surface area (Å²) < 4.78 is 18.1. The number of amides is 1. The third-order valence-electron chi connectivity index (χ3n) is 2.49. The van der Waals surface area contributed by atoms with Crippen LogP contribution in [0, 0.1) is 5.82 Å². The zero-order chi connectivity index (χ0) is 12.8. The van der Waals surface area contributed by atoms with Gasteiger partial charge in [0.2, 0.25) is 0 Å². The van der Waals surface area contributed by atoms with Crippen LogP contribution in [0.2, 0.25) is 0 Å². The average Bonchev–Trinajstić information content (AvgIpc) is 2.31. The van der Waals surface area contributed by atoms with Gasteiger partial charge in [0, 0.05) is 7.11 Å². The van der Waals surface area contributed by atoms with Gasteiger partial charge in [0.15, 0.2) is 0 Å². The highest BCUT2D eigenvalue weighted by Gasteiger charge is 2.15. The average molecular weight is 240 g/mol. The summed E-state index contributed by atoms with van der Waals surface area (Å²) in [5.41, 5.74) is 5.53. The van der Waals surface area contributed by atoms with Crippen molar-refractivity contribution in [2.45, 2.75) is 19.4 Å². The normalized spacial score (nSPS) is 12.2. The minimum absolute atomic E-state index is 0.102. The van der Waals surface area contributed by atoms with Crippen molar-refractivity contribution in [1.82, 2.24) is 5.32 Å². The van der Waals surface area contributed by atoms with Gasteiger partial charge in [-0.3, -0.25) is 4.79 Å². The number of para-hydroxylation sites is 1. The Labute approximate surface area is 100.0 Å². The first-order chi connectivity index (χ1) is 8.10. The summed E-state index contributed by atoms with van der Waals surface area (Å²) in [5.74, 6) is -0.969. The molecule has 0 aliphatic heterocycles. The number of methoxy groups -OCH3 is 1. The highest BCUT2D eigenvalue weighted by atomic mass is 19.1. The van der Waals surface area contributed by atoms with Gasteiger partial charge in [0.05, 0.1) is 23.9 Å². The number of carbonyl (C=O) groups is 1. The van der Waals surface area contributed by atoms with Crippen molar-refractivity contribution in [3.05, 3.63) is 29.6 Å². The van der Waals surface area contributed by atoms with E-state index in [-0.39, 0.29) is 23.2 Å². The summed E-state index contributed by atoms with van der Waals surface area (Å²) in [6.07, 6.45) is 0.731. The first kappa shape index (κ1) is 13.4. The molecular formula is C12H17FN2O2. The molecule has 0 bridgehead atoms. The Morgan fingerprint density at radius 2 is 2.29 bits per heavy atom. The molecule has 0 aliphatic carbocycles. The number of anilines is 1. The monoisotopic (exact) mass is 240 g/mol. The molecule has 0 heterocycles. The van der Waals surface area contributed by atoms with Gasteiger partial charge in [-0.25, -0.2) is 4.39 Å². The van der Waals surface area contributed by atoms with Crippen LogP contribution in [0.15, 0.2) is 18.2 Å². The van der Waals surface area contributed by atoms with Crippen molar-refractivity contribution < 1.29 is 13.9 Å². The maximum Gasteiger partial charge on any atom is 0.253 e. The van der Waals surface area contributed by atoms with Crippen LogP contribution in [0.4, 0.5) is 10.1 Å². The molecule has 0 saturated carbocycles. The van der Waals surface area contributed by atoms with E-state index in [2.05, 4.69) is 5.32 Å². The molecule has 0 radical (unpaired) electrons. The summed E-state index contributed by atoms with van der Waals surface area (Å²) in [7, 11) is 1.56. The summed E-state index contributed by atoms with van der Waals surface area (Å²) in [5, 5.41) is 2.74. The Balaban J connectivity index is 2.79. The van der Waals surface area contributed by atoms with E-state index in [9.17, 15) is 9.18 Å². The van der Waals surface area contributed by atoms with Crippen molar-refractivity contribution >= 4 is 11.6 Å². The largest absolute Gasteiger partial charge is 0.396 e. The fourth-order valence-electron chi connectivity index (χ4n) is 1.46. The van der Waals surface area contributed by atoms with Crippen LogP contribution in [0.3, 0.4) is 0 Å². The van der Waals surface area contributed by atoms with E-state index in [0.29, 0.717) is 6.61 Å². The molecule has 1 aromatic carbocycles. The quantitative estimate of drug-likeness (QED) is 0.768. The van der Waals surface area contributed by atoms with Gasteiger partial charge in [-0.1, -0.05) is 13.0 Å². The third kappa shape index (κ3) is 3.42. The second kappa shape index (κ2) is 6.20. The van der Waals surface area contributed by atoms with E-state index in [1.54, 1.807) is 7.11 Å². The molecule has 1 amide bonds. The molecule has 0 aliphatic rings. The van der Waals surface area contributed by atoms with Crippen LogP contribution >= 0.6 is 0 Å². The van der Waals surface area contributed by atoms with Gasteiger partial charge >= 0.3 is 0 Å². The number of nitrogens with two attached hydrogens (primary N) is 1. The number of hydrogen-bond acceptors (Lipinski definition) is 3. The number of hydrogen-bond donors (Lipinski definition) is 2. The van der Waals surface area contributed by atoms with Gasteiger partial charge in [-0.05, 0) is 18.6 Å². The van der Waals surface area contributed by atoms with E-state index in [0.717, 1.165) is 6.42 Å². The predicted octanol–water partition coefficient (Wildman–Crippen LogP) is 1.56. The lowest BCUT2D eigenvalue weighted by Crippen LogP contribution is -2.37. The molecule has 5 heteroatoms. The fraction of sp³-hybridized carbons (Fsp3) is 0.417. The molecule has 1 atom stereocenters. The van der Waals surface area contributed by atoms with Gasteiger partial charge in [0.1, 0.15) is 5.82 Å². The fourth-order valence-corrected chi connectivity index (χ4v) is 1.46. The van der Waals surface area contributed by atoms with Crippen molar-refractivity contribution in [2.24, 2.45) is 0 Å². The number of rotatable bonds is 5. The van der Waals surface area contributed by atoms with E-state index in [1.807, 2.05) is 6.92 Å². The summed E-state index contributed by atoms with van der Waals surface area (Å²) in [6, 6.07) is 4.07. The van der Waals surface area contributed by atoms with Crippen LogP contribution in [-0.4, -0.2) is 25.7 Å². The van der Waals surface area contributed by atoms with Crippen LogP contribution in [0.1, 0.15) is 23.7 Å². The molecule has 3 N–H and O–H groups in total. The predicted molar refractivity (Wildman–Crippen MR) is 64.2 cm³/mol. The smallest absolute Gasteiger partial charge is 0.253 e. The lowest BCUT2D eigenvalue weighted by molar-refractivity contribution is 0.0895. The Bertz CT molecular complexity index is 396. The van der Waals surface area contributed by atoms with E-state index < -0.39 is 5.82 Å². The van der Waals surface area contributed by atoms with Gasteiger partial charge in [0.25, 0.3) is 5.91 Å². The number of nitrogen functional groups attached to an aromatic ring is 1. The standard InChI is InChI=1S/C12H17FN2O2/c1-3-8(7-17-2)15-12(16)9-5-4-6-10(13)11(9)14/h4-6,8H,3,7,14H2,1-2H3,(H,15,16). The van der Waals surface area contributed by atoms with E-state index in [4.69, 9.17) is 10.5 Å². The van der Waals surface area contributed by atoms with Crippen LogP contribution in [0.5, 0.6) is 0 Å². The molecule has 0 aromatic heterocycles. The molecule has 17 heavy (non-hydrogen) atoms. The Kier molecular flexibility index (Phi) is 4.90. The zero-order valence-corrected chi connectivity index (χ0v) is 10.00. The number of ether oxygens (including phenoxy) is 1. The summed E-state index contributed by atoms with van der Waals surface area (Å²) in [6.45, 7) is 2.34. The van der Waals surface area contributed by atoms with Gasteiger partial charge < -0.3 is 15.8 Å². The second-order valence-corrected chi connectivity index (χ2v) is 3.74. The SMILES string of the molecule is CCC(COC)NC(=O)c1cccc(F)c1N. The minimum atomic E-state index is -0.586. The molecule has 94 valence electrons. The molecule has 0 saturated heterocycles. The maximum atomic E-state index is 13.2. The maximum absolute atomic E-state index is 13.2. The molecule has 1 rings (SSSR count). The second-order valence-electron chi connectivity index (χ2n) is 3.74. The first-order valence-corrected chi connectivity index (χ1v) is 5.44. The lowest BCUT2D eigenvalue weighted by Gasteiger charge is -2.16. The Morgan fingerprint density at radius 3 is 2.88 bits per heavy atom. The zero-order valence-electron chi connectivity index (χ0n) is 10.00. The number of benzene rings is 1. The van der Waals surface area contributed by atoms with E-state index in [1.165, 1.54) is 18.2 Å². The molecule has 1 unspecified atom stereocenters. The molecular weight excluding hydrogens is 223 g/mol. The minimum Gasteiger partial charge on any atom is -0.396 e. The molecule has 0 spiro atoms. The molecule has 1 aromatic rings. The van der Waals surface area contributed by atoms with Crippen molar-refractivity contribution in [1.29, 1.82) is 0 Å². The van der Waals surface area contributed by atoms with Crippen molar-refractivity contribution in [3.8, 4) is 0 Å². The number of carbonyl (C=O) groups excluding carboxylic acids is 1. The Morgan fingerprint density at radius 1 is 1.59 bits per heavy atom. The highest BCUT2D eigenvalue weighted by Crippen LogP contribution is 2.15. The van der Waals surface area contributed by atoms with E-state index >= 15 is 0 Å². The van der Waals surface area contributed by atoms with Crippen molar-refractivity contribution in [3.63, 3.8) is 0 Å². The van der Waals surface area contributed by atoms with Crippen LogP contribution in [0.25, 0.3) is 0 Å². The molecule has 0 fully saturated rings. The topological polar surface area (TPSA) is 64.3 Å². The highest BCUT2D eigenvalue weighted by molar-refractivity contribution is 5.99. The summed E-state index contributed by atoms with van der Waals surface area (Å²) in [4.78, 5) is 11.8. The Hall–Kier alpha value is -1.62. The molecule has 4 nitrogen and oxygen atoms in total.